The molecule has 0 radical (unpaired) electrons. The lowest BCUT2D eigenvalue weighted by atomic mass is 10.2. The fourth-order valence-corrected chi connectivity index (χ4v) is 4.60. The molecule has 11 nitrogen and oxygen atoms in total. The molecule has 170 valence electrons. The molecule has 2 aromatic carbocycles. The number of hydrogen-bond acceptors (Lipinski definition) is 10. The monoisotopic (exact) mass is 506 g/mol. The average molecular weight is 507 g/mol. The first-order chi connectivity index (χ1) is 15.8. The number of benzene rings is 2. The molecule has 0 aliphatic rings. The van der Waals surface area contributed by atoms with E-state index in [0.717, 1.165) is 0 Å². The van der Waals surface area contributed by atoms with Crippen LogP contribution < -0.4 is 14.8 Å². The van der Waals surface area contributed by atoms with Gasteiger partial charge in [0.25, 0.3) is 15.9 Å². The van der Waals surface area contributed by atoms with Crippen molar-refractivity contribution in [1.82, 2.24) is 25.1 Å². The molecule has 33 heavy (non-hydrogen) atoms. The first-order valence-corrected chi connectivity index (χ1v) is 11.9. The molecule has 14 heteroatoms. The third-order valence-electron chi connectivity index (χ3n) is 4.17. The van der Waals surface area contributed by atoms with Crippen molar-refractivity contribution in [1.29, 1.82) is 0 Å². The molecule has 0 fully saturated rings. The standard InChI is InChI=1S/C19H15ClN6O5S2/c1-30-14-4-2-3-12(9-14)16-22-15(31-26-16)10-21-33(28,29)19-25-24-18(32-19)23-17(27)11-5-7-13(20)8-6-11/h2-9,21H,10H2,1H3,(H,23,24,27). The summed E-state index contributed by atoms with van der Waals surface area (Å²) >= 11 is 6.50. The topological polar surface area (TPSA) is 149 Å². The minimum Gasteiger partial charge on any atom is -0.497 e. The maximum absolute atomic E-state index is 12.5. The van der Waals surface area contributed by atoms with Gasteiger partial charge in [0.2, 0.25) is 21.2 Å². The number of nitrogens with one attached hydrogen (secondary N) is 2. The molecule has 0 spiro atoms. The van der Waals surface area contributed by atoms with Crippen molar-refractivity contribution >= 4 is 44.0 Å². The molecular weight excluding hydrogens is 492 g/mol. The van der Waals surface area contributed by atoms with Gasteiger partial charge in [-0.15, -0.1) is 10.2 Å². The number of carbonyl (C=O) groups excluding carboxylic acids is 1. The first kappa shape index (κ1) is 22.8. The number of anilines is 1. The van der Waals surface area contributed by atoms with Crippen molar-refractivity contribution in [3.05, 3.63) is 65.0 Å². The third kappa shape index (κ3) is 5.51. The van der Waals surface area contributed by atoms with Crippen molar-refractivity contribution < 1.29 is 22.5 Å². The van der Waals surface area contributed by atoms with Crippen LogP contribution in [0, 0.1) is 0 Å². The first-order valence-electron chi connectivity index (χ1n) is 9.21. The summed E-state index contributed by atoms with van der Waals surface area (Å²) in [7, 11) is -2.49. The summed E-state index contributed by atoms with van der Waals surface area (Å²) in [4.78, 5) is 16.4. The number of nitrogens with zero attached hydrogens (tertiary/aromatic N) is 4. The van der Waals surface area contributed by atoms with Crippen LogP contribution in [-0.2, 0) is 16.6 Å². The molecular formula is C19H15ClN6O5S2. The highest BCUT2D eigenvalue weighted by Gasteiger charge is 2.22. The maximum atomic E-state index is 12.5. The van der Waals surface area contributed by atoms with Crippen LogP contribution in [0.5, 0.6) is 5.75 Å². The van der Waals surface area contributed by atoms with Gasteiger partial charge in [0.15, 0.2) is 0 Å². The van der Waals surface area contributed by atoms with Gasteiger partial charge in [0.1, 0.15) is 5.75 Å². The lowest BCUT2D eigenvalue weighted by molar-refractivity contribution is 0.102. The van der Waals surface area contributed by atoms with E-state index in [1.54, 1.807) is 36.4 Å². The number of sulfonamides is 1. The predicted molar refractivity (Wildman–Crippen MR) is 120 cm³/mol. The molecule has 0 aliphatic carbocycles. The van der Waals surface area contributed by atoms with Crippen molar-refractivity contribution in [2.75, 3.05) is 12.4 Å². The van der Waals surface area contributed by atoms with Crippen LogP contribution in [0.25, 0.3) is 11.4 Å². The Balaban J connectivity index is 1.39. The van der Waals surface area contributed by atoms with Crippen LogP contribution in [0.15, 0.2) is 57.4 Å². The van der Waals surface area contributed by atoms with Crippen LogP contribution in [0.3, 0.4) is 0 Å². The number of ether oxygens (including phenoxy) is 1. The Bertz CT molecular complexity index is 1390. The molecule has 0 saturated carbocycles. The van der Waals surface area contributed by atoms with E-state index in [1.165, 1.54) is 19.2 Å². The summed E-state index contributed by atoms with van der Waals surface area (Å²) in [6, 6.07) is 13.2. The van der Waals surface area contributed by atoms with Gasteiger partial charge in [0.05, 0.1) is 13.7 Å². The Kier molecular flexibility index (Phi) is 6.65. The fraction of sp³-hybridized carbons (Fsp3) is 0.105. The van der Waals surface area contributed by atoms with Crippen molar-refractivity contribution in [2.45, 2.75) is 10.9 Å². The second kappa shape index (κ2) is 9.62. The predicted octanol–water partition coefficient (Wildman–Crippen LogP) is 2.98. The highest BCUT2D eigenvalue weighted by atomic mass is 35.5. The van der Waals surface area contributed by atoms with E-state index in [9.17, 15) is 13.2 Å². The van der Waals surface area contributed by atoms with E-state index >= 15 is 0 Å². The molecule has 0 unspecified atom stereocenters. The van der Waals surface area contributed by atoms with Crippen molar-refractivity contribution in [2.24, 2.45) is 0 Å². The number of aromatic nitrogens is 4. The van der Waals surface area contributed by atoms with Gasteiger partial charge in [-0.1, -0.05) is 40.2 Å². The molecule has 4 aromatic rings. The smallest absolute Gasteiger partial charge is 0.270 e. The number of hydrogen-bond donors (Lipinski definition) is 2. The van der Waals surface area contributed by atoms with Crippen molar-refractivity contribution in [3.8, 4) is 17.1 Å². The fourth-order valence-electron chi connectivity index (χ4n) is 2.56. The van der Waals surface area contributed by atoms with E-state index in [4.69, 9.17) is 20.9 Å². The van der Waals surface area contributed by atoms with Gasteiger partial charge in [0, 0.05) is 16.1 Å². The molecule has 0 bridgehead atoms. The van der Waals surface area contributed by atoms with Gasteiger partial charge in [-0.25, -0.2) is 8.42 Å². The molecule has 2 N–H and O–H groups in total. The van der Waals surface area contributed by atoms with Gasteiger partial charge >= 0.3 is 0 Å². The number of carbonyl (C=O) groups is 1. The summed E-state index contributed by atoms with van der Waals surface area (Å²) < 4.78 is 37.3. The third-order valence-corrected chi connectivity index (χ3v) is 7.03. The Morgan fingerprint density at radius 3 is 2.73 bits per heavy atom. The Morgan fingerprint density at radius 1 is 1.18 bits per heavy atom. The number of halogens is 1. The van der Waals surface area contributed by atoms with Gasteiger partial charge in [-0.05, 0) is 36.4 Å². The SMILES string of the molecule is COc1cccc(-c2noc(CNS(=O)(=O)c3nnc(NC(=O)c4ccc(Cl)cc4)s3)n2)c1. The largest absolute Gasteiger partial charge is 0.497 e. The molecule has 0 saturated heterocycles. The van der Waals surface area contributed by atoms with Crippen LogP contribution in [0.4, 0.5) is 5.13 Å². The van der Waals surface area contributed by atoms with E-state index in [0.29, 0.717) is 33.2 Å². The van der Waals surface area contributed by atoms with Crippen LogP contribution in [0.1, 0.15) is 16.2 Å². The van der Waals surface area contributed by atoms with E-state index in [-0.39, 0.29) is 27.7 Å². The van der Waals surface area contributed by atoms with E-state index < -0.39 is 15.9 Å². The lowest BCUT2D eigenvalue weighted by Crippen LogP contribution is -2.23. The summed E-state index contributed by atoms with van der Waals surface area (Å²) in [6.45, 7) is -0.259. The van der Waals surface area contributed by atoms with Gasteiger partial charge in [-0.2, -0.15) is 9.71 Å². The molecule has 0 aliphatic heterocycles. The molecule has 2 aromatic heterocycles. The Morgan fingerprint density at radius 2 is 1.97 bits per heavy atom. The van der Waals surface area contributed by atoms with Crippen LogP contribution in [-0.4, -0.2) is 41.8 Å². The zero-order valence-corrected chi connectivity index (χ0v) is 19.2. The number of amides is 1. The van der Waals surface area contributed by atoms with Crippen LogP contribution >= 0.6 is 22.9 Å². The minimum atomic E-state index is -4.03. The second-order valence-electron chi connectivity index (χ2n) is 6.40. The van der Waals surface area contributed by atoms with Crippen LogP contribution in [0.2, 0.25) is 5.02 Å². The van der Waals surface area contributed by atoms with E-state index in [1.807, 2.05) is 0 Å². The molecule has 0 atom stereocenters. The van der Waals surface area contributed by atoms with E-state index in [2.05, 4.69) is 30.4 Å². The Hall–Kier alpha value is -3.39. The van der Waals surface area contributed by atoms with Gasteiger partial charge in [-0.3, -0.25) is 10.1 Å². The average Bonchev–Trinajstić information content (AvgIpc) is 3.48. The summed E-state index contributed by atoms with van der Waals surface area (Å²) in [6.07, 6.45) is 0. The summed E-state index contributed by atoms with van der Waals surface area (Å²) in [5.41, 5.74) is 0.984. The molecule has 4 rings (SSSR count). The number of methoxy groups -OCH3 is 1. The normalized spacial score (nSPS) is 11.3. The summed E-state index contributed by atoms with van der Waals surface area (Å²) in [5.74, 6) is 0.480. The molecule has 2 heterocycles. The highest BCUT2D eigenvalue weighted by molar-refractivity contribution is 7.91. The zero-order valence-electron chi connectivity index (χ0n) is 16.9. The number of rotatable bonds is 8. The Labute approximate surface area is 196 Å². The van der Waals surface area contributed by atoms with Crippen molar-refractivity contribution in [3.63, 3.8) is 0 Å². The zero-order chi connectivity index (χ0) is 23.4. The van der Waals surface area contributed by atoms with Gasteiger partial charge < -0.3 is 9.26 Å². The lowest BCUT2D eigenvalue weighted by Gasteiger charge is -2.01. The maximum Gasteiger partial charge on any atom is 0.270 e. The summed E-state index contributed by atoms with van der Waals surface area (Å²) in [5, 5.41) is 14.2. The second-order valence-corrected chi connectivity index (χ2v) is 9.76. The minimum absolute atomic E-state index is 0.0217. The quantitative estimate of drug-likeness (QED) is 0.344. The highest BCUT2D eigenvalue weighted by Crippen LogP contribution is 2.23. The molecule has 1 amide bonds.